The standard InChI is InChI=1S/C5H9NOS2/c1-2-3-5-4-9(7)8-6-5/h3,6H,2,4H2,1H3/b5-3+. The Bertz CT molecular complexity index is 155. The Hall–Kier alpha value is 0.0400. The molecule has 0 aromatic carbocycles. The van der Waals surface area contributed by atoms with Crippen LogP contribution >= 0.6 is 11.0 Å². The van der Waals surface area contributed by atoms with Crippen molar-refractivity contribution >= 4 is 20.8 Å². The largest absolute Gasteiger partial charge is 0.322 e. The van der Waals surface area contributed by atoms with E-state index in [4.69, 9.17) is 0 Å². The van der Waals surface area contributed by atoms with Crippen LogP contribution in [0.4, 0.5) is 0 Å². The van der Waals surface area contributed by atoms with Crippen molar-refractivity contribution in [2.45, 2.75) is 13.3 Å². The number of hydrogen-bond donors (Lipinski definition) is 1. The average Bonchev–Trinajstić information content (AvgIpc) is 2.17. The monoisotopic (exact) mass is 163 g/mol. The van der Waals surface area contributed by atoms with Gasteiger partial charge in [-0.3, -0.25) is 0 Å². The highest BCUT2D eigenvalue weighted by Gasteiger charge is 2.12. The van der Waals surface area contributed by atoms with Gasteiger partial charge >= 0.3 is 0 Å². The topological polar surface area (TPSA) is 29.1 Å². The van der Waals surface area contributed by atoms with Crippen molar-refractivity contribution in [1.82, 2.24) is 4.72 Å². The van der Waals surface area contributed by atoms with Crippen molar-refractivity contribution < 1.29 is 4.21 Å². The lowest BCUT2D eigenvalue weighted by atomic mass is 10.4. The van der Waals surface area contributed by atoms with Crippen molar-refractivity contribution in [2.75, 3.05) is 5.75 Å². The van der Waals surface area contributed by atoms with E-state index in [0.717, 1.165) is 12.1 Å². The Labute approximate surface area is 61.1 Å². The summed E-state index contributed by atoms with van der Waals surface area (Å²) in [6.45, 7) is 2.07. The molecule has 1 aliphatic heterocycles. The third-order valence-electron chi connectivity index (χ3n) is 0.990. The van der Waals surface area contributed by atoms with Crippen LogP contribution in [0.25, 0.3) is 0 Å². The maximum absolute atomic E-state index is 10.7. The molecule has 1 rings (SSSR count). The third-order valence-corrected chi connectivity index (χ3v) is 3.23. The minimum absolute atomic E-state index is 0.693. The van der Waals surface area contributed by atoms with Gasteiger partial charge in [0.2, 0.25) is 0 Å². The molecule has 4 heteroatoms. The molecular formula is C5H9NOS2. The van der Waals surface area contributed by atoms with Gasteiger partial charge in [0.25, 0.3) is 0 Å². The number of nitrogens with one attached hydrogen (secondary N) is 1. The van der Waals surface area contributed by atoms with Crippen molar-refractivity contribution in [3.05, 3.63) is 11.8 Å². The fourth-order valence-electron chi connectivity index (χ4n) is 0.633. The van der Waals surface area contributed by atoms with Crippen LogP contribution in [-0.2, 0) is 9.83 Å². The van der Waals surface area contributed by atoms with Crippen molar-refractivity contribution in [3.8, 4) is 0 Å². The Kier molecular flexibility index (Phi) is 2.60. The summed E-state index contributed by atoms with van der Waals surface area (Å²) in [5, 5.41) is 0. The Morgan fingerprint density at radius 2 is 2.78 bits per heavy atom. The molecule has 2 nitrogen and oxygen atoms in total. The second-order valence-electron chi connectivity index (χ2n) is 1.77. The summed E-state index contributed by atoms with van der Waals surface area (Å²) < 4.78 is 13.7. The lowest BCUT2D eigenvalue weighted by molar-refractivity contribution is 0.693. The molecule has 0 spiro atoms. The minimum Gasteiger partial charge on any atom is -0.322 e. The fourth-order valence-corrected chi connectivity index (χ4v) is 2.74. The quantitative estimate of drug-likeness (QED) is 0.465. The van der Waals surface area contributed by atoms with Crippen molar-refractivity contribution in [3.63, 3.8) is 0 Å². The molecule has 1 unspecified atom stereocenters. The summed E-state index contributed by atoms with van der Waals surface area (Å²) in [5.41, 5.74) is 1.11. The molecule has 1 saturated heterocycles. The SMILES string of the molecule is CC/C=C1\CS(=O)SN1. The lowest BCUT2D eigenvalue weighted by Crippen LogP contribution is -1.95. The summed E-state index contributed by atoms with van der Waals surface area (Å²) >= 11 is 0. The Morgan fingerprint density at radius 3 is 3.22 bits per heavy atom. The maximum atomic E-state index is 10.7. The second kappa shape index (κ2) is 3.27. The molecule has 1 heterocycles. The molecular weight excluding hydrogens is 154 g/mol. The summed E-state index contributed by atoms with van der Waals surface area (Å²) in [7, 11) is 0.582. The first kappa shape index (κ1) is 7.15. The highest BCUT2D eigenvalue weighted by molar-refractivity contribution is 8.68. The van der Waals surface area contributed by atoms with E-state index in [1.807, 2.05) is 0 Å². The molecule has 0 aromatic heterocycles. The lowest BCUT2D eigenvalue weighted by Gasteiger charge is -1.89. The van der Waals surface area contributed by atoms with Crippen LogP contribution < -0.4 is 4.72 Å². The molecule has 0 amide bonds. The van der Waals surface area contributed by atoms with Crippen LogP contribution in [0.2, 0.25) is 0 Å². The molecule has 0 bridgehead atoms. The highest BCUT2D eigenvalue weighted by atomic mass is 33.1. The smallest absolute Gasteiger partial charge is 0.107 e. The predicted octanol–water partition coefficient (Wildman–Crippen LogP) is 1.20. The molecule has 9 heavy (non-hydrogen) atoms. The van der Waals surface area contributed by atoms with Gasteiger partial charge in [0.15, 0.2) is 0 Å². The van der Waals surface area contributed by atoms with E-state index in [-0.39, 0.29) is 0 Å². The average molecular weight is 163 g/mol. The Balaban J connectivity index is 2.47. The van der Waals surface area contributed by atoms with Gasteiger partial charge in [-0.1, -0.05) is 13.0 Å². The molecule has 1 N–H and O–H groups in total. The molecule has 0 aliphatic carbocycles. The van der Waals surface area contributed by atoms with E-state index in [1.165, 1.54) is 11.0 Å². The van der Waals surface area contributed by atoms with E-state index in [0.29, 0.717) is 5.75 Å². The van der Waals surface area contributed by atoms with Gasteiger partial charge < -0.3 is 4.72 Å². The fraction of sp³-hybridized carbons (Fsp3) is 0.600. The molecule has 0 aromatic rings. The molecule has 52 valence electrons. The van der Waals surface area contributed by atoms with Crippen LogP contribution in [-0.4, -0.2) is 9.96 Å². The van der Waals surface area contributed by atoms with Gasteiger partial charge in [-0.2, -0.15) is 0 Å². The zero-order valence-corrected chi connectivity index (χ0v) is 6.85. The summed E-state index contributed by atoms with van der Waals surface area (Å²) in [6, 6.07) is 0. The molecule has 1 atom stereocenters. The van der Waals surface area contributed by atoms with Gasteiger partial charge in [0.05, 0.1) is 16.7 Å². The van der Waals surface area contributed by atoms with Gasteiger partial charge in [-0.05, 0) is 6.42 Å². The van der Waals surface area contributed by atoms with Crippen molar-refractivity contribution in [2.24, 2.45) is 0 Å². The number of allylic oxidation sites excluding steroid dienone is 1. The van der Waals surface area contributed by atoms with Crippen LogP contribution in [0, 0.1) is 0 Å². The predicted molar refractivity (Wildman–Crippen MR) is 42.1 cm³/mol. The third kappa shape index (κ3) is 2.02. The number of rotatable bonds is 1. The maximum Gasteiger partial charge on any atom is 0.107 e. The van der Waals surface area contributed by atoms with Crippen molar-refractivity contribution in [1.29, 1.82) is 0 Å². The molecule has 1 fully saturated rings. The molecule has 0 saturated carbocycles. The van der Waals surface area contributed by atoms with E-state index < -0.39 is 9.83 Å². The van der Waals surface area contributed by atoms with Gasteiger partial charge in [-0.15, -0.1) is 0 Å². The highest BCUT2D eigenvalue weighted by Crippen LogP contribution is 2.17. The summed E-state index contributed by atoms with van der Waals surface area (Å²) in [6.07, 6.45) is 3.08. The van der Waals surface area contributed by atoms with Crippen LogP contribution in [0.1, 0.15) is 13.3 Å². The van der Waals surface area contributed by atoms with E-state index in [9.17, 15) is 4.21 Å². The summed E-state index contributed by atoms with van der Waals surface area (Å²) in [4.78, 5) is 0. The normalized spacial score (nSPS) is 30.8. The van der Waals surface area contributed by atoms with Gasteiger partial charge in [0.1, 0.15) is 9.83 Å². The van der Waals surface area contributed by atoms with Crippen LogP contribution in [0.15, 0.2) is 11.8 Å². The minimum atomic E-state index is -0.717. The van der Waals surface area contributed by atoms with E-state index >= 15 is 0 Å². The zero-order valence-electron chi connectivity index (χ0n) is 5.22. The van der Waals surface area contributed by atoms with Crippen LogP contribution in [0.3, 0.4) is 0 Å². The van der Waals surface area contributed by atoms with Crippen LogP contribution in [0.5, 0.6) is 0 Å². The first-order valence-electron chi connectivity index (χ1n) is 2.83. The van der Waals surface area contributed by atoms with E-state index in [1.54, 1.807) is 0 Å². The second-order valence-corrected chi connectivity index (χ2v) is 4.65. The summed E-state index contributed by atoms with van der Waals surface area (Å²) in [5.74, 6) is 0.693. The zero-order chi connectivity index (χ0) is 6.69. The Morgan fingerprint density at radius 1 is 2.00 bits per heavy atom. The molecule has 1 aliphatic rings. The first-order valence-corrected chi connectivity index (χ1v) is 5.49. The molecule has 0 radical (unpaired) electrons. The van der Waals surface area contributed by atoms with Gasteiger partial charge in [0, 0.05) is 5.70 Å². The first-order chi connectivity index (χ1) is 4.33. The van der Waals surface area contributed by atoms with Gasteiger partial charge in [-0.25, -0.2) is 4.21 Å². The van der Waals surface area contributed by atoms with E-state index in [2.05, 4.69) is 17.7 Å². The number of hydrogen-bond acceptors (Lipinski definition) is 3.